The van der Waals surface area contributed by atoms with Crippen molar-refractivity contribution in [3.05, 3.63) is 0 Å². The lowest BCUT2D eigenvalue weighted by Crippen LogP contribution is -2.30. The van der Waals surface area contributed by atoms with E-state index in [0.29, 0.717) is 25.7 Å². The van der Waals surface area contributed by atoms with Crippen molar-refractivity contribution in [2.24, 2.45) is 17.8 Å². The maximum absolute atomic E-state index is 13.2. The highest BCUT2D eigenvalue weighted by atomic mass is 31.2. The van der Waals surface area contributed by atoms with Gasteiger partial charge in [-0.05, 0) is 43.4 Å². The highest BCUT2D eigenvalue weighted by Crippen LogP contribution is 2.45. The van der Waals surface area contributed by atoms with Crippen molar-refractivity contribution < 1.29 is 80.2 Å². The van der Waals surface area contributed by atoms with Gasteiger partial charge in [0.25, 0.3) is 0 Å². The Morgan fingerprint density at radius 3 is 0.717 bits per heavy atom. The molecule has 630 valence electrons. The Labute approximate surface area is 651 Å². The fourth-order valence-electron chi connectivity index (χ4n) is 13.5. The Morgan fingerprint density at radius 1 is 0.274 bits per heavy atom. The third kappa shape index (κ3) is 78.7. The van der Waals surface area contributed by atoms with Crippen LogP contribution in [-0.4, -0.2) is 96.7 Å². The van der Waals surface area contributed by atoms with Gasteiger partial charge in [-0.2, -0.15) is 0 Å². The molecule has 0 aromatic rings. The van der Waals surface area contributed by atoms with Gasteiger partial charge in [0.05, 0.1) is 26.4 Å². The first kappa shape index (κ1) is 104. The van der Waals surface area contributed by atoms with Crippen LogP contribution in [-0.2, 0) is 65.4 Å². The lowest BCUT2D eigenvalue weighted by Gasteiger charge is -2.21. The van der Waals surface area contributed by atoms with Crippen molar-refractivity contribution >= 4 is 39.5 Å². The number of carbonyl (C=O) groups excluding carboxylic acids is 4. The minimum Gasteiger partial charge on any atom is -0.462 e. The maximum atomic E-state index is 13.2. The summed E-state index contributed by atoms with van der Waals surface area (Å²) in [7, 11) is -9.93. The molecule has 0 rings (SSSR count). The molecule has 0 aromatic carbocycles. The zero-order valence-electron chi connectivity index (χ0n) is 69.9. The summed E-state index contributed by atoms with van der Waals surface area (Å²) in [5, 5.41) is 10.7. The number of hydrogen-bond donors (Lipinski definition) is 3. The standard InChI is InChI=1S/C87H170O17P2/c1-8-10-11-12-13-14-15-34-39-47-54-61-68-84(89)98-75-83(104-87(92)71-64-57-50-43-42-46-53-60-67-80(7)9-2)77-102-106(95,96)100-73-81(88)72-99-105(93,94)101-76-82(103-86(91)70-63-56-49-41-36-31-27-23-19-17-21-25-29-33-38-45-52-59-66-79(5)6)74-97-85(90)69-62-55-48-40-35-30-26-22-18-16-20-24-28-32-37-44-51-58-65-78(3)4/h78-83,88H,8-77H2,1-7H3,(H,93,94)(H,95,96)/t80?,81-,82-,83-/m1/s1. The summed E-state index contributed by atoms with van der Waals surface area (Å²) in [5.74, 6) is 0.309. The Kier molecular flexibility index (Phi) is 75.6. The van der Waals surface area contributed by atoms with Gasteiger partial charge in [-0.1, -0.05) is 408 Å². The van der Waals surface area contributed by atoms with E-state index >= 15 is 0 Å². The van der Waals surface area contributed by atoms with Crippen molar-refractivity contribution in [3.8, 4) is 0 Å². The van der Waals surface area contributed by atoms with Gasteiger partial charge in [0.1, 0.15) is 19.3 Å². The maximum Gasteiger partial charge on any atom is 0.472 e. The SMILES string of the molecule is CCCCCCCCCCCCCCC(=O)OC[C@H](COP(=O)(O)OC[C@H](O)COP(=O)(O)OC[C@@H](COC(=O)CCCCCCCCCCCCCCCCCCCCC(C)C)OC(=O)CCCCCCCCCCCCCCCCCCCCC(C)C)OC(=O)CCCCCCCCCCC(C)CC. The molecule has 0 heterocycles. The summed E-state index contributed by atoms with van der Waals surface area (Å²) in [6, 6.07) is 0. The highest BCUT2D eigenvalue weighted by Gasteiger charge is 2.31. The molecular weight excluding hydrogens is 1380 g/mol. The van der Waals surface area contributed by atoms with Gasteiger partial charge in [0.15, 0.2) is 12.2 Å². The molecule has 3 N–H and O–H groups in total. The van der Waals surface area contributed by atoms with Crippen LogP contribution in [0.3, 0.4) is 0 Å². The van der Waals surface area contributed by atoms with Crippen LogP contribution in [0.15, 0.2) is 0 Å². The first-order chi connectivity index (χ1) is 51.3. The molecule has 106 heavy (non-hydrogen) atoms. The Morgan fingerprint density at radius 2 is 0.481 bits per heavy atom. The third-order valence-corrected chi connectivity index (χ3v) is 22.6. The molecule has 3 unspecified atom stereocenters. The first-order valence-electron chi connectivity index (χ1n) is 44.9. The number of esters is 4. The molecule has 17 nitrogen and oxygen atoms in total. The Bertz CT molecular complexity index is 2050. The lowest BCUT2D eigenvalue weighted by molar-refractivity contribution is -0.161. The van der Waals surface area contributed by atoms with E-state index in [-0.39, 0.29) is 25.7 Å². The average Bonchev–Trinajstić information content (AvgIpc) is 0.901. The van der Waals surface area contributed by atoms with Crippen LogP contribution >= 0.6 is 15.6 Å². The molecule has 0 radical (unpaired) electrons. The molecule has 0 aliphatic heterocycles. The van der Waals surface area contributed by atoms with E-state index in [1.54, 1.807) is 0 Å². The Hall–Kier alpha value is -1.94. The molecule has 19 heteroatoms. The van der Waals surface area contributed by atoms with Crippen LogP contribution in [0.5, 0.6) is 0 Å². The number of aliphatic hydroxyl groups excluding tert-OH is 1. The Balaban J connectivity index is 5.22. The largest absolute Gasteiger partial charge is 0.472 e. The van der Waals surface area contributed by atoms with Crippen LogP contribution in [0, 0.1) is 17.8 Å². The zero-order valence-corrected chi connectivity index (χ0v) is 71.7. The van der Waals surface area contributed by atoms with Crippen molar-refractivity contribution in [2.45, 2.75) is 478 Å². The summed E-state index contributed by atoms with van der Waals surface area (Å²) in [6.45, 7) is 12.0. The molecule has 0 saturated carbocycles. The third-order valence-electron chi connectivity index (χ3n) is 20.7. The molecule has 0 aromatic heterocycles. The normalized spacial score (nSPS) is 14.1. The minimum atomic E-state index is -4.97. The van der Waals surface area contributed by atoms with Crippen molar-refractivity contribution in [2.75, 3.05) is 39.6 Å². The van der Waals surface area contributed by atoms with E-state index in [4.69, 9.17) is 37.0 Å². The fraction of sp³-hybridized carbons (Fsp3) is 0.954. The second-order valence-electron chi connectivity index (χ2n) is 32.5. The molecule has 0 spiro atoms. The van der Waals surface area contributed by atoms with E-state index < -0.39 is 97.5 Å². The number of ether oxygens (including phenoxy) is 4. The number of hydrogen-bond acceptors (Lipinski definition) is 15. The van der Waals surface area contributed by atoms with Gasteiger partial charge in [-0.3, -0.25) is 37.3 Å². The number of unbranched alkanes of at least 4 members (excludes halogenated alkanes) is 52. The van der Waals surface area contributed by atoms with E-state index in [1.165, 1.54) is 270 Å². The van der Waals surface area contributed by atoms with Gasteiger partial charge >= 0.3 is 39.5 Å². The zero-order chi connectivity index (χ0) is 77.9. The second-order valence-corrected chi connectivity index (χ2v) is 35.4. The van der Waals surface area contributed by atoms with Gasteiger partial charge in [-0.25, -0.2) is 9.13 Å². The summed E-state index contributed by atoms with van der Waals surface area (Å²) in [6.07, 6.45) is 68.1. The summed E-state index contributed by atoms with van der Waals surface area (Å²) < 4.78 is 68.9. The van der Waals surface area contributed by atoms with Gasteiger partial charge in [0, 0.05) is 25.7 Å². The first-order valence-corrected chi connectivity index (χ1v) is 47.9. The van der Waals surface area contributed by atoms with Crippen LogP contribution in [0.4, 0.5) is 0 Å². The smallest absolute Gasteiger partial charge is 0.462 e. The van der Waals surface area contributed by atoms with Crippen LogP contribution < -0.4 is 0 Å². The van der Waals surface area contributed by atoms with Gasteiger partial charge in [0.2, 0.25) is 0 Å². The quantitative estimate of drug-likeness (QED) is 0.0222. The summed E-state index contributed by atoms with van der Waals surface area (Å²) >= 11 is 0. The van der Waals surface area contributed by atoms with Crippen LogP contribution in [0.2, 0.25) is 0 Å². The number of phosphoric acid groups is 2. The summed E-state index contributed by atoms with van der Waals surface area (Å²) in [4.78, 5) is 73.2. The monoisotopic (exact) mass is 1550 g/mol. The van der Waals surface area contributed by atoms with Crippen LogP contribution in [0.25, 0.3) is 0 Å². The molecular formula is C87H170O17P2. The molecule has 0 aliphatic rings. The number of phosphoric ester groups is 2. The van der Waals surface area contributed by atoms with Crippen molar-refractivity contribution in [1.29, 1.82) is 0 Å². The fourth-order valence-corrected chi connectivity index (χ4v) is 15.1. The minimum absolute atomic E-state index is 0.106. The lowest BCUT2D eigenvalue weighted by atomic mass is 9.99. The topological polar surface area (TPSA) is 237 Å². The molecule has 0 aliphatic carbocycles. The number of carbonyl (C=O) groups is 4. The van der Waals surface area contributed by atoms with E-state index in [0.717, 1.165) is 108 Å². The predicted molar refractivity (Wildman–Crippen MR) is 437 cm³/mol. The average molecular weight is 1550 g/mol. The number of rotatable bonds is 85. The van der Waals surface area contributed by atoms with E-state index in [9.17, 15) is 43.2 Å². The predicted octanol–water partition coefficient (Wildman–Crippen LogP) is 26.5. The van der Waals surface area contributed by atoms with Crippen LogP contribution in [0.1, 0.15) is 459 Å². The molecule has 0 saturated heterocycles. The summed E-state index contributed by atoms with van der Waals surface area (Å²) in [5.41, 5.74) is 0. The molecule has 0 bridgehead atoms. The van der Waals surface area contributed by atoms with Gasteiger partial charge < -0.3 is 33.8 Å². The van der Waals surface area contributed by atoms with Crippen molar-refractivity contribution in [1.82, 2.24) is 0 Å². The molecule has 0 amide bonds. The number of aliphatic hydroxyl groups is 1. The molecule has 0 fully saturated rings. The van der Waals surface area contributed by atoms with Crippen molar-refractivity contribution in [3.63, 3.8) is 0 Å². The van der Waals surface area contributed by atoms with Gasteiger partial charge in [-0.15, -0.1) is 0 Å². The second kappa shape index (κ2) is 77.0. The van der Waals surface area contributed by atoms with E-state index in [2.05, 4.69) is 48.5 Å². The van der Waals surface area contributed by atoms with E-state index in [1.807, 2.05) is 0 Å². The molecule has 6 atom stereocenters. The highest BCUT2D eigenvalue weighted by molar-refractivity contribution is 7.47.